The van der Waals surface area contributed by atoms with E-state index >= 15 is 0 Å². The topological polar surface area (TPSA) is 37.3 Å². The van der Waals surface area contributed by atoms with Gasteiger partial charge >= 0.3 is 6.18 Å². The van der Waals surface area contributed by atoms with Crippen LogP contribution in [0.1, 0.15) is 30.4 Å². The SMILES string of the molecule is C=C[C@H](c1ccc(C(F)(F)F)cc1)[C@@H](O)C(=O)CC. The molecule has 0 aliphatic carbocycles. The summed E-state index contributed by atoms with van der Waals surface area (Å²) in [7, 11) is 0. The molecule has 0 unspecified atom stereocenters. The van der Waals surface area contributed by atoms with Gasteiger partial charge in [0.1, 0.15) is 6.10 Å². The molecule has 19 heavy (non-hydrogen) atoms. The van der Waals surface area contributed by atoms with Gasteiger partial charge in [-0.1, -0.05) is 25.1 Å². The molecule has 1 N–H and O–H groups in total. The highest BCUT2D eigenvalue weighted by Gasteiger charge is 2.31. The minimum atomic E-state index is -4.40. The van der Waals surface area contributed by atoms with Crippen LogP contribution >= 0.6 is 0 Å². The number of ketones is 1. The molecule has 2 atom stereocenters. The van der Waals surface area contributed by atoms with Crippen LogP contribution in [0.4, 0.5) is 13.2 Å². The van der Waals surface area contributed by atoms with E-state index in [2.05, 4.69) is 6.58 Å². The molecule has 0 spiro atoms. The van der Waals surface area contributed by atoms with E-state index in [1.807, 2.05) is 0 Å². The Bertz CT molecular complexity index is 449. The van der Waals surface area contributed by atoms with Gasteiger partial charge in [-0.05, 0) is 17.7 Å². The number of hydrogen-bond acceptors (Lipinski definition) is 2. The zero-order valence-electron chi connectivity index (χ0n) is 10.4. The molecular weight excluding hydrogens is 257 g/mol. The summed E-state index contributed by atoms with van der Waals surface area (Å²) in [6.07, 6.45) is -4.16. The Labute approximate surface area is 109 Å². The van der Waals surface area contributed by atoms with Crippen LogP contribution in [0.3, 0.4) is 0 Å². The van der Waals surface area contributed by atoms with E-state index in [0.29, 0.717) is 5.56 Å². The van der Waals surface area contributed by atoms with Crippen molar-refractivity contribution in [2.24, 2.45) is 0 Å². The predicted octanol–water partition coefficient (Wildman–Crippen LogP) is 3.32. The van der Waals surface area contributed by atoms with E-state index in [1.54, 1.807) is 6.92 Å². The van der Waals surface area contributed by atoms with E-state index in [4.69, 9.17) is 0 Å². The highest BCUT2D eigenvalue weighted by Crippen LogP contribution is 2.31. The molecule has 0 saturated carbocycles. The highest BCUT2D eigenvalue weighted by molar-refractivity contribution is 5.83. The molecule has 1 aromatic rings. The number of rotatable bonds is 5. The van der Waals surface area contributed by atoms with Crippen LogP contribution in [-0.2, 0) is 11.0 Å². The molecule has 0 aliphatic heterocycles. The van der Waals surface area contributed by atoms with Gasteiger partial charge in [-0.15, -0.1) is 6.58 Å². The molecule has 0 heterocycles. The number of aliphatic hydroxyl groups is 1. The van der Waals surface area contributed by atoms with Crippen molar-refractivity contribution in [3.63, 3.8) is 0 Å². The summed E-state index contributed by atoms with van der Waals surface area (Å²) in [6.45, 7) is 5.12. The fraction of sp³-hybridized carbons (Fsp3) is 0.357. The first-order valence-electron chi connectivity index (χ1n) is 5.81. The lowest BCUT2D eigenvalue weighted by Crippen LogP contribution is -2.26. The van der Waals surface area contributed by atoms with Crippen molar-refractivity contribution in [2.45, 2.75) is 31.5 Å². The van der Waals surface area contributed by atoms with Crippen LogP contribution in [0.15, 0.2) is 36.9 Å². The Hall–Kier alpha value is -1.62. The van der Waals surface area contributed by atoms with Gasteiger partial charge in [-0.25, -0.2) is 0 Å². The van der Waals surface area contributed by atoms with Gasteiger partial charge in [-0.2, -0.15) is 13.2 Å². The van der Waals surface area contributed by atoms with E-state index in [0.717, 1.165) is 12.1 Å². The van der Waals surface area contributed by atoms with Crippen LogP contribution in [0, 0.1) is 0 Å². The Kier molecular flexibility index (Phi) is 4.89. The standard InChI is InChI=1S/C14H15F3O2/c1-3-11(13(19)12(18)4-2)9-5-7-10(8-6-9)14(15,16)17/h3,5-8,11,13,19H,1,4H2,2H3/t11-,13-/m1/s1. The van der Waals surface area contributed by atoms with E-state index in [-0.39, 0.29) is 12.2 Å². The molecule has 0 aromatic heterocycles. The zero-order valence-corrected chi connectivity index (χ0v) is 10.4. The van der Waals surface area contributed by atoms with Gasteiger partial charge in [-0.3, -0.25) is 4.79 Å². The fourth-order valence-electron chi connectivity index (χ4n) is 1.75. The van der Waals surface area contributed by atoms with Crippen molar-refractivity contribution in [1.82, 2.24) is 0 Å². The van der Waals surface area contributed by atoms with Gasteiger partial charge in [0.25, 0.3) is 0 Å². The number of Topliss-reactive ketones (excluding diaryl/α,β-unsaturated/α-hetero) is 1. The van der Waals surface area contributed by atoms with Crippen LogP contribution in [0.5, 0.6) is 0 Å². The fourth-order valence-corrected chi connectivity index (χ4v) is 1.75. The summed E-state index contributed by atoms with van der Waals surface area (Å²) in [6, 6.07) is 4.35. The Balaban J connectivity index is 3.01. The molecule has 0 aliphatic rings. The molecule has 1 aromatic carbocycles. The molecule has 0 radical (unpaired) electrons. The lowest BCUT2D eigenvalue weighted by atomic mass is 9.90. The molecule has 104 valence electrons. The third-order valence-electron chi connectivity index (χ3n) is 2.90. The summed E-state index contributed by atoms with van der Waals surface area (Å²) >= 11 is 0. The lowest BCUT2D eigenvalue weighted by Gasteiger charge is -2.19. The maximum atomic E-state index is 12.4. The molecule has 0 saturated heterocycles. The van der Waals surface area contributed by atoms with Gasteiger partial charge in [0, 0.05) is 12.3 Å². The Morgan fingerprint density at radius 2 is 1.89 bits per heavy atom. The van der Waals surface area contributed by atoms with Crippen LogP contribution in [-0.4, -0.2) is 17.0 Å². The first-order chi connectivity index (χ1) is 8.81. The van der Waals surface area contributed by atoms with Gasteiger partial charge in [0.05, 0.1) is 5.56 Å². The molecule has 5 heteroatoms. The second-order valence-electron chi connectivity index (χ2n) is 4.15. The van der Waals surface area contributed by atoms with Gasteiger partial charge in [0.15, 0.2) is 5.78 Å². The summed E-state index contributed by atoms with van der Waals surface area (Å²) in [5.41, 5.74) is -0.340. The molecule has 0 fully saturated rings. The Morgan fingerprint density at radius 1 is 1.37 bits per heavy atom. The maximum Gasteiger partial charge on any atom is 0.416 e. The molecule has 0 bridgehead atoms. The zero-order chi connectivity index (χ0) is 14.6. The number of benzene rings is 1. The third-order valence-corrected chi connectivity index (χ3v) is 2.90. The second-order valence-corrected chi connectivity index (χ2v) is 4.15. The summed E-state index contributed by atoms with van der Waals surface area (Å²) in [5.74, 6) is -1.07. The minimum absolute atomic E-state index is 0.159. The van der Waals surface area contributed by atoms with Gasteiger partial charge < -0.3 is 5.11 Å². The average molecular weight is 272 g/mol. The third kappa shape index (κ3) is 3.67. The molecule has 0 amide bonds. The van der Waals surface area contributed by atoms with Crippen molar-refractivity contribution in [3.8, 4) is 0 Å². The van der Waals surface area contributed by atoms with Crippen molar-refractivity contribution < 1.29 is 23.1 Å². The second kappa shape index (κ2) is 6.02. The number of alkyl halides is 3. The number of halogens is 3. The quantitative estimate of drug-likeness (QED) is 0.835. The highest BCUT2D eigenvalue weighted by atomic mass is 19.4. The molecule has 1 rings (SSSR count). The number of hydrogen-bond donors (Lipinski definition) is 1. The summed E-state index contributed by atoms with van der Waals surface area (Å²) < 4.78 is 37.3. The van der Waals surface area contributed by atoms with Gasteiger partial charge in [0.2, 0.25) is 0 Å². The largest absolute Gasteiger partial charge is 0.416 e. The normalized spacial score (nSPS) is 14.8. The van der Waals surface area contributed by atoms with Crippen LogP contribution in [0.2, 0.25) is 0 Å². The van der Waals surface area contributed by atoms with E-state index in [9.17, 15) is 23.1 Å². The first-order valence-corrected chi connectivity index (χ1v) is 5.81. The Morgan fingerprint density at radius 3 is 2.26 bits per heavy atom. The van der Waals surface area contributed by atoms with Crippen LogP contribution < -0.4 is 0 Å². The maximum absolute atomic E-state index is 12.4. The van der Waals surface area contributed by atoms with Crippen molar-refractivity contribution in [3.05, 3.63) is 48.0 Å². The molecular formula is C14H15F3O2. The van der Waals surface area contributed by atoms with Crippen molar-refractivity contribution in [2.75, 3.05) is 0 Å². The lowest BCUT2D eigenvalue weighted by molar-refractivity contribution is -0.137. The number of aliphatic hydroxyl groups excluding tert-OH is 1. The summed E-state index contributed by atoms with van der Waals surface area (Å²) in [4.78, 5) is 11.4. The monoisotopic (exact) mass is 272 g/mol. The van der Waals surface area contributed by atoms with E-state index in [1.165, 1.54) is 18.2 Å². The van der Waals surface area contributed by atoms with Crippen LogP contribution in [0.25, 0.3) is 0 Å². The smallest absolute Gasteiger partial charge is 0.384 e. The van der Waals surface area contributed by atoms with E-state index < -0.39 is 23.8 Å². The number of carbonyl (C=O) groups excluding carboxylic acids is 1. The predicted molar refractivity (Wildman–Crippen MR) is 65.7 cm³/mol. The molecule has 2 nitrogen and oxygen atoms in total. The number of carbonyl (C=O) groups is 1. The summed E-state index contributed by atoms with van der Waals surface area (Å²) in [5, 5.41) is 9.82. The average Bonchev–Trinajstić information content (AvgIpc) is 2.38. The first kappa shape index (κ1) is 15.4. The van der Waals surface area contributed by atoms with Crippen molar-refractivity contribution >= 4 is 5.78 Å². The minimum Gasteiger partial charge on any atom is -0.384 e. The van der Waals surface area contributed by atoms with Crippen molar-refractivity contribution in [1.29, 1.82) is 0 Å².